The summed E-state index contributed by atoms with van der Waals surface area (Å²) in [6.07, 6.45) is 1.99. The van der Waals surface area contributed by atoms with E-state index >= 15 is 0 Å². The summed E-state index contributed by atoms with van der Waals surface area (Å²) in [6, 6.07) is 11.4. The molecule has 120 valence electrons. The summed E-state index contributed by atoms with van der Waals surface area (Å²) in [5.74, 6) is -0.831. The molecule has 0 heterocycles. The maximum absolute atomic E-state index is 12.3. The minimum Gasteiger partial charge on any atom is -0.502 e. The first-order chi connectivity index (χ1) is 10.9. The zero-order chi connectivity index (χ0) is 17.0. The average Bonchev–Trinajstić information content (AvgIpc) is 2.54. The standard InChI is InChI=1S/C16H16N2O4S/c1-17(10-11-3-6-13(23-2)7-4-11)16(20)12-5-8-14(18(21)22)15(19)9-12/h3-9,19H,10H2,1-2H3. The van der Waals surface area contributed by atoms with Crippen LogP contribution in [-0.4, -0.2) is 34.1 Å². The maximum atomic E-state index is 12.3. The third-order valence-corrected chi connectivity index (χ3v) is 4.09. The average molecular weight is 332 g/mol. The summed E-state index contributed by atoms with van der Waals surface area (Å²) in [6.45, 7) is 0.408. The molecule has 0 aliphatic carbocycles. The Morgan fingerprint density at radius 2 is 1.91 bits per heavy atom. The molecule has 1 amide bonds. The normalized spacial score (nSPS) is 10.3. The van der Waals surface area contributed by atoms with Gasteiger partial charge in [0, 0.05) is 30.1 Å². The summed E-state index contributed by atoms with van der Waals surface area (Å²) >= 11 is 1.64. The lowest BCUT2D eigenvalue weighted by Crippen LogP contribution is -2.26. The van der Waals surface area contributed by atoms with Crippen LogP contribution in [0.15, 0.2) is 47.4 Å². The van der Waals surface area contributed by atoms with Gasteiger partial charge in [-0.05, 0) is 36.1 Å². The van der Waals surface area contributed by atoms with Gasteiger partial charge in [0.1, 0.15) is 0 Å². The fraction of sp³-hybridized carbons (Fsp3) is 0.188. The number of nitro groups is 1. The van der Waals surface area contributed by atoms with Gasteiger partial charge in [-0.15, -0.1) is 11.8 Å². The van der Waals surface area contributed by atoms with Crippen molar-refractivity contribution in [3.8, 4) is 5.75 Å². The first-order valence-electron chi connectivity index (χ1n) is 6.78. The molecule has 0 aliphatic heterocycles. The molecule has 0 aromatic heterocycles. The van der Waals surface area contributed by atoms with E-state index in [4.69, 9.17) is 0 Å². The lowest BCUT2D eigenvalue weighted by Gasteiger charge is -2.17. The van der Waals surface area contributed by atoms with Gasteiger partial charge in [-0.2, -0.15) is 0 Å². The Morgan fingerprint density at radius 3 is 2.43 bits per heavy atom. The molecule has 0 atom stereocenters. The van der Waals surface area contributed by atoms with Crippen LogP contribution in [0.1, 0.15) is 15.9 Å². The van der Waals surface area contributed by atoms with Crippen LogP contribution in [-0.2, 0) is 6.54 Å². The van der Waals surface area contributed by atoms with Crippen molar-refractivity contribution in [2.75, 3.05) is 13.3 Å². The summed E-state index contributed by atoms with van der Waals surface area (Å²) in [5, 5.41) is 20.3. The zero-order valence-corrected chi connectivity index (χ0v) is 13.5. The monoisotopic (exact) mass is 332 g/mol. The van der Waals surface area contributed by atoms with Gasteiger partial charge in [0.25, 0.3) is 5.91 Å². The Balaban J connectivity index is 2.12. The predicted molar refractivity (Wildman–Crippen MR) is 88.8 cm³/mol. The van der Waals surface area contributed by atoms with Crippen LogP contribution in [0.3, 0.4) is 0 Å². The van der Waals surface area contributed by atoms with Crippen molar-refractivity contribution in [3.05, 3.63) is 63.7 Å². The first-order valence-corrected chi connectivity index (χ1v) is 8.00. The highest BCUT2D eigenvalue weighted by Crippen LogP contribution is 2.26. The minimum atomic E-state index is -0.694. The van der Waals surface area contributed by atoms with E-state index in [1.54, 1.807) is 18.8 Å². The Bertz CT molecular complexity index is 731. The molecule has 2 rings (SSSR count). The van der Waals surface area contributed by atoms with Crippen LogP contribution >= 0.6 is 11.8 Å². The quantitative estimate of drug-likeness (QED) is 0.516. The molecule has 1 N–H and O–H groups in total. The first kappa shape index (κ1) is 16.8. The Morgan fingerprint density at radius 1 is 1.26 bits per heavy atom. The number of amides is 1. The molecule has 2 aromatic carbocycles. The molecule has 0 saturated carbocycles. The number of thioether (sulfide) groups is 1. The highest BCUT2D eigenvalue weighted by molar-refractivity contribution is 7.98. The summed E-state index contributed by atoms with van der Waals surface area (Å²) in [5.41, 5.74) is 0.762. The number of carbonyl (C=O) groups is 1. The van der Waals surface area contributed by atoms with Gasteiger partial charge in [-0.1, -0.05) is 12.1 Å². The van der Waals surface area contributed by atoms with E-state index in [2.05, 4.69) is 0 Å². The number of aromatic hydroxyl groups is 1. The second-order valence-electron chi connectivity index (χ2n) is 4.97. The summed E-state index contributed by atoms with van der Waals surface area (Å²) in [7, 11) is 1.64. The van der Waals surface area contributed by atoms with E-state index in [-0.39, 0.29) is 11.5 Å². The van der Waals surface area contributed by atoms with E-state index in [0.29, 0.717) is 6.54 Å². The van der Waals surface area contributed by atoms with E-state index < -0.39 is 16.4 Å². The van der Waals surface area contributed by atoms with Gasteiger partial charge in [-0.25, -0.2) is 0 Å². The fourth-order valence-corrected chi connectivity index (χ4v) is 2.52. The van der Waals surface area contributed by atoms with E-state index in [0.717, 1.165) is 22.6 Å². The van der Waals surface area contributed by atoms with Gasteiger partial charge < -0.3 is 10.0 Å². The Hall–Kier alpha value is -2.54. The van der Waals surface area contributed by atoms with Crippen molar-refractivity contribution in [3.63, 3.8) is 0 Å². The molecule has 0 fully saturated rings. The molecule has 0 spiro atoms. The number of hydrogen-bond acceptors (Lipinski definition) is 5. The van der Waals surface area contributed by atoms with Crippen molar-refractivity contribution >= 4 is 23.4 Å². The topological polar surface area (TPSA) is 83.7 Å². The molecule has 2 aromatic rings. The third-order valence-electron chi connectivity index (χ3n) is 3.34. The highest BCUT2D eigenvalue weighted by atomic mass is 32.2. The van der Waals surface area contributed by atoms with Crippen molar-refractivity contribution in [2.24, 2.45) is 0 Å². The van der Waals surface area contributed by atoms with E-state index in [9.17, 15) is 20.0 Å². The van der Waals surface area contributed by atoms with Gasteiger partial charge >= 0.3 is 5.69 Å². The molecular weight excluding hydrogens is 316 g/mol. The number of benzene rings is 2. The predicted octanol–water partition coefficient (Wildman–Crippen LogP) is 3.29. The molecule has 7 heteroatoms. The number of carbonyl (C=O) groups excluding carboxylic acids is 1. The molecule has 0 radical (unpaired) electrons. The summed E-state index contributed by atoms with van der Waals surface area (Å²) < 4.78 is 0. The largest absolute Gasteiger partial charge is 0.502 e. The van der Waals surface area contributed by atoms with Crippen LogP contribution in [0.4, 0.5) is 5.69 Å². The second kappa shape index (κ2) is 7.15. The second-order valence-corrected chi connectivity index (χ2v) is 5.85. The number of phenolic OH excluding ortho intramolecular Hbond substituents is 1. The van der Waals surface area contributed by atoms with Crippen molar-refractivity contribution < 1.29 is 14.8 Å². The fourth-order valence-electron chi connectivity index (χ4n) is 2.11. The van der Waals surface area contributed by atoms with Gasteiger partial charge in [0.2, 0.25) is 0 Å². The van der Waals surface area contributed by atoms with Gasteiger partial charge in [0.05, 0.1) is 4.92 Å². The van der Waals surface area contributed by atoms with E-state index in [1.165, 1.54) is 11.0 Å². The molecule has 0 saturated heterocycles. The zero-order valence-electron chi connectivity index (χ0n) is 12.7. The van der Waals surface area contributed by atoms with E-state index in [1.807, 2.05) is 30.5 Å². The molecular formula is C16H16N2O4S. The number of nitrogens with zero attached hydrogens (tertiary/aromatic N) is 2. The molecule has 0 unspecified atom stereocenters. The number of phenols is 1. The van der Waals surface area contributed by atoms with Crippen LogP contribution in [0.25, 0.3) is 0 Å². The van der Waals surface area contributed by atoms with Crippen molar-refractivity contribution in [1.82, 2.24) is 4.90 Å². The smallest absolute Gasteiger partial charge is 0.310 e. The number of rotatable bonds is 5. The Labute approximate surface area is 137 Å². The maximum Gasteiger partial charge on any atom is 0.310 e. The lowest BCUT2D eigenvalue weighted by atomic mass is 10.1. The van der Waals surface area contributed by atoms with Crippen LogP contribution in [0, 0.1) is 10.1 Å². The molecule has 23 heavy (non-hydrogen) atoms. The molecule has 0 bridgehead atoms. The third kappa shape index (κ3) is 4.01. The van der Waals surface area contributed by atoms with Gasteiger partial charge in [-0.3, -0.25) is 14.9 Å². The Kier molecular flexibility index (Phi) is 5.23. The van der Waals surface area contributed by atoms with Crippen molar-refractivity contribution in [2.45, 2.75) is 11.4 Å². The number of nitro benzene ring substituents is 1. The number of hydrogen-bond donors (Lipinski definition) is 1. The molecule has 6 nitrogen and oxygen atoms in total. The minimum absolute atomic E-state index is 0.205. The van der Waals surface area contributed by atoms with Crippen LogP contribution in [0.5, 0.6) is 5.75 Å². The van der Waals surface area contributed by atoms with Crippen molar-refractivity contribution in [1.29, 1.82) is 0 Å². The SMILES string of the molecule is CSc1ccc(CN(C)C(=O)c2ccc([N+](=O)[O-])c(O)c2)cc1. The lowest BCUT2D eigenvalue weighted by molar-refractivity contribution is -0.385. The van der Waals surface area contributed by atoms with Gasteiger partial charge in [0.15, 0.2) is 5.75 Å². The molecule has 0 aliphatic rings. The highest BCUT2D eigenvalue weighted by Gasteiger charge is 2.18. The summed E-state index contributed by atoms with van der Waals surface area (Å²) in [4.78, 5) is 25.0. The van der Waals surface area contributed by atoms with Crippen LogP contribution < -0.4 is 0 Å². The van der Waals surface area contributed by atoms with Crippen LogP contribution in [0.2, 0.25) is 0 Å².